The Hall–Kier alpha value is -2.87. The number of amides is 1. The second-order valence-corrected chi connectivity index (χ2v) is 8.95. The lowest BCUT2D eigenvalue weighted by atomic mass is 10.1. The van der Waals surface area contributed by atoms with E-state index in [1.165, 1.54) is 0 Å². The zero-order valence-corrected chi connectivity index (χ0v) is 22.0. The van der Waals surface area contributed by atoms with E-state index in [4.69, 9.17) is 14.5 Å². The number of methoxy groups -OCH3 is 2. The number of hydrogen-bond acceptors (Lipinski definition) is 5. The summed E-state index contributed by atoms with van der Waals surface area (Å²) < 4.78 is 13.2. The van der Waals surface area contributed by atoms with Gasteiger partial charge in [-0.15, -0.1) is 0 Å². The molecule has 0 aliphatic carbocycles. The monoisotopic (exact) mass is 529 g/mol. The molecule has 34 heavy (non-hydrogen) atoms. The van der Waals surface area contributed by atoms with Crippen molar-refractivity contribution >= 4 is 32.7 Å². The van der Waals surface area contributed by atoms with Gasteiger partial charge in [-0.1, -0.05) is 32.4 Å². The highest BCUT2D eigenvalue weighted by Crippen LogP contribution is 2.37. The van der Waals surface area contributed by atoms with E-state index in [-0.39, 0.29) is 11.5 Å². The maximum atomic E-state index is 13.9. The summed E-state index contributed by atoms with van der Waals surface area (Å²) in [5, 5.41) is 0.493. The molecule has 0 saturated carbocycles. The number of carbonyl (C=O) groups is 1. The van der Waals surface area contributed by atoms with Crippen LogP contribution in [0.2, 0.25) is 0 Å². The van der Waals surface area contributed by atoms with E-state index in [0.29, 0.717) is 51.4 Å². The lowest BCUT2D eigenvalue weighted by Gasteiger charge is -2.31. The van der Waals surface area contributed by atoms with Gasteiger partial charge < -0.3 is 14.4 Å². The van der Waals surface area contributed by atoms with E-state index < -0.39 is 6.04 Å². The van der Waals surface area contributed by atoms with Crippen LogP contribution in [0.3, 0.4) is 0 Å². The molecule has 1 aromatic heterocycles. The third-order valence-corrected chi connectivity index (χ3v) is 6.67. The van der Waals surface area contributed by atoms with Crippen LogP contribution in [-0.2, 0) is 4.79 Å². The second kappa shape index (κ2) is 11.5. The number of rotatable bonds is 10. The summed E-state index contributed by atoms with van der Waals surface area (Å²) >= 11 is 3.61. The number of unbranched alkanes of at least 4 members (excludes halogenated alkanes) is 1. The molecule has 1 heterocycles. The SMILES string of the molecule is CCCCN(C(=O)CCC)C(C)c1nc2ccccc2c(=O)n1-c1cc(OC)cc(OC)c1Br. The molecule has 8 heteroatoms. The fourth-order valence-electron chi connectivity index (χ4n) is 4.01. The van der Waals surface area contributed by atoms with Crippen molar-refractivity contribution in [3.8, 4) is 17.2 Å². The van der Waals surface area contributed by atoms with Gasteiger partial charge in [-0.05, 0) is 47.8 Å². The van der Waals surface area contributed by atoms with Crippen molar-refractivity contribution in [3.63, 3.8) is 0 Å². The highest BCUT2D eigenvalue weighted by atomic mass is 79.9. The Balaban J connectivity index is 2.34. The molecule has 3 aromatic rings. The number of ether oxygens (including phenoxy) is 2. The number of hydrogen-bond donors (Lipinski definition) is 0. The number of para-hydroxylation sites is 1. The fraction of sp³-hybridized carbons (Fsp3) is 0.423. The maximum Gasteiger partial charge on any atom is 0.266 e. The molecule has 3 rings (SSSR count). The third kappa shape index (κ3) is 5.12. The van der Waals surface area contributed by atoms with Crippen molar-refractivity contribution in [2.45, 2.75) is 52.5 Å². The Morgan fingerprint density at radius 3 is 2.53 bits per heavy atom. The van der Waals surface area contributed by atoms with Gasteiger partial charge in [-0.3, -0.25) is 14.2 Å². The van der Waals surface area contributed by atoms with Crippen LogP contribution in [0.1, 0.15) is 58.3 Å². The normalized spacial score (nSPS) is 11.9. The third-order valence-electron chi connectivity index (χ3n) is 5.87. The molecule has 182 valence electrons. The summed E-state index contributed by atoms with van der Waals surface area (Å²) in [4.78, 5) is 33.7. The first-order valence-corrected chi connectivity index (χ1v) is 12.4. The van der Waals surface area contributed by atoms with Gasteiger partial charge in [0.2, 0.25) is 5.91 Å². The minimum atomic E-state index is -0.424. The molecular weight excluding hydrogens is 498 g/mol. The van der Waals surface area contributed by atoms with Crippen molar-refractivity contribution in [2.24, 2.45) is 0 Å². The fourth-order valence-corrected chi connectivity index (χ4v) is 4.58. The first-order chi connectivity index (χ1) is 16.4. The Labute approximate surface area is 208 Å². The number of aromatic nitrogens is 2. The van der Waals surface area contributed by atoms with Crippen LogP contribution in [0.5, 0.6) is 11.5 Å². The van der Waals surface area contributed by atoms with E-state index >= 15 is 0 Å². The van der Waals surface area contributed by atoms with Gasteiger partial charge in [0.25, 0.3) is 5.56 Å². The van der Waals surface area contributed by atoms with Crippen LogP contribution in [0.25, 0.3) is 16.6 Å². The smallest absolute Gasteiger partial charge is 0.266 e. The van der Waals surface area contributed by atoms with E-state index in [0.717, 1.165) is 19.3 Å². The average molecular weight is 530 g/mol. The number of nitrogens with zero attached hydrogens (tertiary/aromatic N) is 3. The Morgan fingerprint density at radius 1 is 1.15 bits per heavy atom. The lowest BCUT2D eigenvalue weighted by Crippen LogP contribution is -2.38. The summed E-state index contributed by atoms with van der Waals surface area (Å²) in [7, 11) is 3.12. The molecule has 0 bridgehead atoms. The van der Waals surface area contributed by atoms with Crippen LogP contribution >= 0.6 is 15.9 Å². The standard InChI is InChI=1S/C26H32BrN3O4/c1-6-8-14-29(23(31)11-7-2)17(3)25-28-20-13-10-9-12-19(20)26(32)30(25)21-15-18(33-4)16-22(34-5)24(21)27/h9-10,12-13,15-17H,6-8,11,14H2,1-5H3. The minimum Gasteiger partial charge on any atom is -0.497 e. The molecule has 0 radical (unpaired) electrons. The summed E-state index contributed by atoms with van der Waals surface area (Å²) in [6, 6.07) is 10.3. The Kier molecular flexibility index (Phi) is 8.72. The average Bonchev–Trinajstić information content (AvgIpc) is 2.84. The van der Waals surface area contributed by atoms with Crippen LogP contribution in [0, 0.1) is 0 Å². The van der Waals surface area contributed by atoms with Gasteiger partial charge in [0.1, 0.15) is 17.3 Å². The predicted octanol–water partition coefficient (Wildman–Crippen LogP) is 5.66. The van der Waals surface area contributed by atoms with Gasteiger partial charge in [0, 0.05) is 25.1 Å². The van der Waals surface area contributed by atoms with Gasteiger partial charge >= 0.3 is 0 Å². The molecule has 2 aromatic carbocycles. The molecule has 0 N–H and O–H groups in total. The Bertz CT molecular complexity index is 1220. The molecule has 1 amide bonds. The highest BCUT2D eigenvalue weighted by molar-refractivity contribution is 9.10. The van der Waals surface area contributed by atoms with Gasteiger partial charge in [0.05, 0.1) is 41.3 Å². The summed E-state index contributed by atoms with van der Waals surface area (Å²) in [6.45, 7) is 6.62. The second-order valence-electron chi connectivity index (χ2n) is 8.16. The largest absolute Gasteiger partial charge is 0.497 e. The number of benzene rings is 2. The highest BCUT2D eigenvalue weighted by Gasteiger charge is 2.27. The van der Waals surface area contributed by atoms with E-state index in [1.807, 2.05) is 36.9 Å². The summed E-state index contributed by atoms with van der Waals surface area (Å²) in [5.74, 6) is 1.61. The van der Waals surface area contributed by atoms with Crippen LogP contribution in [0.15, 0.2) is 45.7 Å². The molecule has 7 nitrogen and oxygen atoms in total. The zero-order chi connectivity index (χ0) is 24.8. The summed E-state index contributed by atoms with van der Waals surface area (Å²) in [6.07, 6.45) is 3.03. The van der Waals surface area contributed by atoms with Gasteiger partial charge in [-0.25, -0.2) is 4.98 Å². The first-order valence-electron chi connectivity index (χ1n) is 11.6. The molecule has 0 fully saturated rings. The molecule has 0 spiro atoms. The molecule has 1 unspecified atom stereocenters. The lowest BCUT2D eigenvalue weighted by molar-refractivity contribution is -0.133. The van der Waals surface area contributed by atoms with Crippen LogP contribution < -0.4 is 15.0 Å². The zero-order valence-electron chi connectivity index (χ0n) is 20.4. The molecule has 0 saturated heterocycles. The predicted molar refractivity (Wildman–Crippen MR) is 138 cm³/mol. The number of halogens is 1. The van der Waals surface area contributed by atoms with Gasteiger partial charge in [0.15, 0.2) is 0 Å². The topological polar surface area (TPSA) is 73.7 Å². The number of fused-ring (bicyclic) bond motifs is 1. The minimum absolute atomic E-state index is 0.0553. The molecule has 1 atom stereocenters. The molecule has 0 aliphatic rings. The van der Waals surface area contributed by atoms with Crippen molar-refractivity contribution < 1.29 is 14.3 Å². The molecular formula is C26H32BrN3O4. The van der Waals surface area contributed by atoms with Crippen molar-refractivity contribution in [3.05, 3.63) is 57.0 Å². The number of carbonyl (C=O) groups excluding carboxylic acids is 1. The first kappa shape index (κ1) is 25.7. The van der Waals surface area contributed by atoms with Crippen LogP contribution in [-0.4, -0.2) is 41.1 Å². The van der Waals surface area contributed by atoms with Crippen molar-refractivity contribution in [1.82, 2.24) is 14.5 Å². The maximum absolute atomic E-state index is 13.9. The van der Waals surface area contributed by atoms with E-state index in [2.05, 4.69) is 22.9 Å². The summed E-state index contributed by atoms with van der Waals surface area (Å²) in [5.41, 5.74) is 0.913. The van der Waals surface area contributed by atoms with Crippen molar-refractivity contribution in [1.29, 1.82) is 0 Å². The van der Waals surface area contributed by atoms with Crippen LogP contribution in [0.4, 0.5) is 0 Å². The molecule has 0 aliphatic heterocycles. The van der Waals surface area contributed by atoms with Crippen molar-refractivity contribution in [2.75, 3.05) is 20.8 Å². The van der Waals surface area contributed by atoms with Gasteiger partial charge in [-0.2, -0.15) is 0 Å². The quantitative estimate of drug-likeness (QED) is 0.339. The van der Waals surface area contributed by atoms with E-state index in [9.17, 15) is 9.59 Å². The van der Waals surface area contributed by atoms with E-state index in [1.54, 1.807) is 37.0 Å². The Morgan fingerprint density at radius 2 is 1.88 bits per heavy atom.